The number of hydrogen-bond donors (Lipinski definition) is 1. The molecule has 1 aliphatic carbocycles. The van der Waals surface area contributed by atoms with Gasteiger partial charge in [0.15, 0.2) is 0 Å². The minimum absolute atomic E-state index is 0.490. The Labute approximate surface area is 190 Å². The molecule has 0 aromatic heterocycles. The highest BCUT2D eigenvalue weighted by Gasteiger charge is 2.39. The minimum Gasteiger partial charge on any atom is -0.465 e. The summed E-state index contributed by atoms with van der Waals surface area (Å²) in [6.07, 6.45) is 17.1. The zero-order valence-corrected chi connectivity index (χ0v) is 20.1. The van der Waals surface area contributed by atoms with Gasteiger partial charge in [-0.25, -0.2) is 4.79 Å². The SMILES string of the molecule is CC1=CC=CC(CCCCCCC(C)CCCC(C)C)(N(C(=O)O)c2ccccc2)C1. The molecule has 2 rings (SSSR count). The molecule has 0 fully saturated rings. The van der Waals surface area contributed by atoms with Gasteiger partial charge in [0.1, 0.15) is 0 Å². The standard InChI is InChI=1S/C28H43NO2/c1-23(2)14-12-16-24(3)15-8-5-6-11-20-28(21-13-17-25(4)22-28)29(27(30)31)26-18-9-7-10-19-26/h7,9-10,13,17-19,21,23-24H,5-6,8,11-12,14-16,20,22H2,1-4H3,(H,30,31). The number of anilines is 1. The van der Waals surface area contributed by atoms with Crippen molar-refractivity contribution in [2.24, 2.45) is 11.8 Å². The van der Waals surface area contributed by atoms with Crippen LogP contribution in [0.25, 0.3) is 0 Å². The number of para-hydroxylation sites is 1. The van der Waals surface area contributed by atoms with Crippen LogP contribution in [0.2, 0.25) is 0 Å². The van der Waals surface area contributed by atoms with Gasteiger partial charge in [0, 0.05) is 5.69 Å². The van der Waals surface area contributed by atoms with Gasteiger partial charge < -0.3 is 5.11 Å². The zero-order chi connectivity index (χ0) is 22.7. The Bertz CT molecular complexity index is 722. The molecule has 2 atom stereocenters. The summed E-state index contributed by atoms with van der Waals surface area (Å²) < 4.78 is 0. The van der Waals surface area contributed by atoms with Crippen LogP contribution in [0, 0.1) is 11.8 Å². The molecule has 0 heterocycles. The number of nitrogens with zero attached hydrogens (tertiary/aromatic N) is 1. The van der Waals surface area contributed by atoms with Crippen molar-refractivity contribution in [3.8, 4) is 0 Å². The van der Waals surface area contributed by atoms with E-state index in [-0.39, 0.29) is 0 Å². The Hall–Kier alpha value is -2.03. The molecule has 0 spiro atoms. The van der Waals surface area contributed by atoms with Crippen LogP contribution < -0.4 is 4.90 Å². The second kappa shape index (κ2) is 12.7. The van der Waals surface area contributed by atoms with Crippen LogP contribution in [-0.4, -0.2) is 16.7 Å². The Morgan fingerprint density at radius 3 is 2.32 bits per heavy atom. The van der Waals surface area contributed by atoms with Gasteiger partial charge in [-0.2, -0.15) is 0 Å². The largest absolute Gasteiger partial charge is 0.465 e. The van der Waals surface area contributed by atoms with Crippen LogP contribution in [0.15, 0.2) is 54.1 Å². The summed E-state index contributed by atoms with van der Waals surface area (Å²) in [5.41, 5.74) is 1.50. The van der Waals surface area contributed by atoms with E-state index >= 15 is 0 Å². The summed E-state index contributed by atoms with van der Waals surface area (Å²) in [6.45, 7) is 9.10. The van der Waals surface area contributed by atoms with Crippen LogP contribution in [0.5, 0.6) is 0 Å². The lowest BCUT2D eigenvalue weighted by atomic mass is 9.80. The fraction of sp³-hybridized carbons (Fsp3) is 0.607. The second-order valence-corrected chi connectivity index (χ2v) is 9.99. The monoisotopic (exact) mass is 425 g/mol. The Kier molecular flexibility index (Phi) is 10.4. The highest BCUT2D eigenvalue weighted by Crippen LogP contribution is 2.37. The number of carbonyl (C=O) groups is 1. The van der Waals surface area contributed by atoms with E-state index in [0.29, 0.717) is 0 Å². The van der Waals surface area contributed by atoms with Gasteiger partial charge >= 0.3 is 6.09 Å². The number of amides is 1. The van der Waals surface area contributed by atoms with Crippen molar-refractivity contribution in [3.05, 3.63) is 54.1 Å². The first-order chi connectivity index (χ1) is 14.8. The molecule has 31 heavy (non-hydrogen) atoms. The molecule has 2 unspecified atom stereocenters. The van der Waals surface area contributed by atoms with Crippen molar-refractivity contribution in [1.29, 1.82) is 0 Å². The van der Waals surface area contributed by atoms with Crippen LogP contribution in [-0.2, 0) is 0 Å². The lowest BCUT2D eigenvalue weighted by molar-refractivity contribution is 0.193. The van der Waals surface area contributed by atoms with Gasteiger partial charge in [-0.1, -0.05) is 114 Å². The fourth-order valence-electron chi connectivity index (χ4n) is 4.86. The molecule has 1 aliphatic rings. The van der Waals surface area contributed by atoms with Crippen molar-refractivity contribution < 1.29 is 9.90 Å². The van der Waals surface area contributed by atoms with Crippen molar-refractivity contribution in [2.45, 2.75) is 97.4 Å². The van der Waals surface area contributed by atoms with Crippen molar-refractivity contribution >= 4 is 11.8 Å². The van der Waals surface area contributed by atoms with E-state index in [1.54, 1.807) is 4.90 Å². The molecule has 0 radical (unpaired) electrons. The van der Waals surface area contributed by atoms with Crippen molar-refractivity contribution in [1.82, 2.24) is 0 Å². The molecule has 3 heteroatoms. The first kappa shape index (κ1) is 25.2. The third-order valence-electron chi connectivity index (χ3n) is 6.56. The van der Waals surface area contributed by atoms with Crippen LogP contribution in [0.4, 0.5) is 10.5 Å². The van der Waals surface area contributed by atoms with E-state index in [0.717, 1.165) is 36.8 Å². The highest BCUT2D eigenvalue weighted by molar-refractivity contribution is 5.88. The summed E-state index contributed by atoms with van der Waals surface area (Å²) >= 11 is 0. The number of unbranched alkanes of at least 4 members (excludes halogenated alkanes) is 3. The molecule has 1 N–H and O–H groups in total. The molecule has 1 amide bonds. The Morgan fingerprint density at radius 1 is 1.00 bits per heavy atom. The van der Waals surface area contributed by atoms with Gasteiger partial charge in [0.2, 0.25) is 0 Å². The average Bonchev–Trinajstić information content (AvgIpc) is 2.71. The highest BCUT2D eigenvalue weighted by atomic mass is 16.4. The molecule has 1 aromatic carbocycles. The summed E-state index contributed by atoms with van der Waals surface area (Å²) in [7, 11) is 0. The van der Waals surface area contributed by atoms with Gasteiger partial charge in [0.25, 0.3) is 0 Å². The van der Waals surface area contributed by atoms with Gasteiger partial charge in [-0.05, 0) is 43.7 Å². The molecule has 0 bridgehead atoms. The molecule has 3 nitrogen and oxygen atoms in total. The van der Waals surface area contributed by atoms with E-state index in [1.807, 2.05) is 36.4 Å². The summed E-state index contributed by atoms with van der Waals surface area (Å²) in [5.74, 6) is 1.63. The quantitative estimate of drug-likeness (QED) is 0.321. The molecule has 172 valence electrons. The lowest BCUT2D eigenvalue weighted by Crippen LogP contribution is -2.51. The summed E-state index contributed by atoms with van der Waals surface area (Å²) in [5, 5.41) is 10.1. The maximum absolute atomic E-state index is 12.3. The minimum atomic E-state index is -0.874. The number of rotatable bonds is 13. The zero-order valence-electron chi connectivity index (χ0n) is 20.1. The van der Waals surface area contributed by atoms with Gasteiger partial charge in [-0.3, -0.25) is 4.90 Å². The van der Waals surface area contributed by atoms with Crippen LogP contribution in [0.3, 0.4) is 0 Å². The van der Waals surface area contributed by atoms with Crippen molar-refractivity contribution in [3.63, 3.8) is 0 Å². The molecular formula is C28H43NO2. The third-order valence-corrected chi connectivity index (χ3v) is 6.56. The Balaban J connectivity index is 1.89. The van der Waals surface area contributed by atoms with Crippen molar-refractivity contribution in [2.75, 3.05) is 4.90 Å². The van der Waals surface area contributed by atoms with E-state index in [1.165, 1.54) is 50.5 Å². The van der Waals surface area contributed by atoms with E-state index in [2.05, 4.69) is 39.8 Å². The molecule has 0 saturated heterocycles. The second-order valence-electron chi connectivity index (χ2n) is 9.99. The average molecular weight is 426 g/mol. The number of hydrogen-bond acceptors (Lipinski definition) is 1. The summed E-state index contributed by atoms with van der Waals surface area (Å²) in [4.78, 5) is 13.9. The predicted molar refractivity (Wildman–Crippen MR) is 133 cm³/mol. The third kappa shape index (κ3) is 8.20. The number of allylic oxidation sites excluding steroid dienone is 2. The topological polar surface area (TPSA) is 40.5 Å². The normalized spacial score (nSPS) is 19.3. The molecule has 0 aliphatic heterocycles. The molecule has 0 saturated carbocycles. The van der Waals surface area contributed by atoms with Gasteiger partial charge in [-0.15, -0.1) is 0 Å². The Morgan fingerprint density at radius 2 is 1.68 bits per heavy atom. The number of benzene rings is 1. The molecular weight excluding hydrogens is 382 g/mol. The van der Waals surface area contributed by atoms with Crippen LogP contribution in [0.1, 0.15) is 91.9 Å². The van der Waals surface area contributed by atoms with Gasteiger partial charge in [0.05, 0.1) is 5.54 Å². The first-order valence-electron chi connectivity index (χ1n) is 12.3. The van der Waals surface area contributed by atoms with Crippen LogP contribution >= 0.6 is 0 Å². The maximum atomic E-state index is 12.3. The first-order valence-corrected chi connectivity index (χ1v) is 12.3. The summed E-state index contributed by atoms with van der Waals surface area (Å²) in [6, 6.07) is 9.56. The van der Waals surface area contributed by atoms with E-state index in [9.17, 15) is 9.90 Å². The van der Waals surface area contributed by atoms with E-state index in [4.69, 9.17) is 0 Å². The molecule has 1 aromatic rings. The lowest BCUT2D eigenvalue weighted by Gasteiger charge is -2.42. The smallest absolute Gasteiger partial charge is 0.412 e. The van der Waals surface area contributed by atoms with E-state index < -0.39 is 11.6 Å². The maximum Gasteiger partial charge on any atom is 0.412 e. The fourth-order valence-corrected chi connectivity index (χ4v) is 4.86. The number of carboxylic acid groups (broad SMARTS) is 1. The predicted octanol–water partition coefficient (Wildman–Crippen LogP) is 8.62.